The molecule has 0 bridgehead atoms. The largest absolute Gasteiger partial charge is 0.335 e. The number of rotatable bonds is 4. The van der Waals surface area contributed by atoms with E-state index in [1.54, 1.807) is 44.2 Å². The van der Waals surface area contributed by atoms with Crippen molar-refractivity contribution in [2.45, 2.75) is 34.6 Å². The summed E-state index contributed by atoms with van der Waals surface area (Å²) in [7, 11) is 0. The first kappa shape index (κ1) is 23.6. The third-order valence-corrected chi connectivity index (χ3v) is 5.98. The van der Waals surface area contributed by atoms with E-state index >= 15 is 0 Å². The molecule has 9 heteroatoms. The fraction of sp³-hybridized carbons (Fsp3) is 0.192. The Morgan fingerprint density at radius 2 is 1.54 bits per heavy atom. The van der Waals surface area contributed by atoms with Gasteiger partial charge in [-0.25, -0.2) is 9.69 Å². The number of nitrogens with one attached hydrogen (secondary N) is 1. The topological polar surface area (TPSA) is 115 Å². The first-order chi connectivity index (χ1) is 16.5. The van der Waals surface area contributed by atoms with Crippen LogP contribution in [0.2, 0.25) is 0 Å². The molecule has 1 aliphatic rings. The third-order valence-electron chi connectivity index (χ3n) is 5.98. The van der Waals surface area contributed by atoms with Gasteiger partial charge in [0, 0.05) is 23.0 Å². The molecule has 1 saturated heterocycles. The zero-order chi connectivity index (χ0) is 25.6. The number of carbonyl (C=O) groups excluding carboxylic acids is 3. The number of aryl methyl sites for hydroxylation is 4. The molecular weight excluding hydrogens is 448 g/mol. The molecule has 0 unspecified atom stereocenters. The van der Waals surface area contributed by atoms with Crippen LogP contribution >= 0.6 is 0 Å². The number of nitro benzene ring substituents is 1. The standard InChI is InChI=1S/C26H24N4O5/c1-14-8-15(2)10-21(9-14)29-25(32)22(24(31)27-26(29)33)12-19-11-17(4)28(18(19)5)20-7-6-16(3)23(13-20)30(34)35/h6-13H,1-5H3,(H,27,31,33)/b22-12-. The smallest absolute Gasteiger partial charge is 0.318 e. The fourth-order valence-corrected chi connectivity index (χ4v) is 4.39. The van der Waals surface area contributed by atoms with Crippen LogP contribution < -0.4 is 10.2 Å². The minimum Gasteiger partial charge on any atom is -0.318 e. The molecule has 0 spiro atoms. The van der Waals surface area contributed by atoms with Crippen LogP contribution in [-0.4, -0.2) is 27.3 Å². The van der Waals surface area contributed by atoms with Gasteiger partial charge in [0.2, 0.25) is 0 Å². The lowest BCUT2D eigenvalue weighted by Crippen LogP contribution is -2.54. The van der Waals surface area contributed by atoms with Crippen molar-refractivity contribution in [1.82, 2.24) is 9.88 Å². The van der Waals surface area contributed by atoms with Crippen LogP contribution in [0.3, 0.4) is 0 Å². The van der Waals surface area contributed by atoms with Gasteiger partial charge in [-0.05, 0) is 81.7 Å². The van der Waals surface area contributed by atoms with E-state index in [-0.39, 0.29) is 11.3 Å². The first-order valence-corrected chi connectivity index (χ1v) is 10.9. The van der Waals surface area contributed by atoms with E-state index in [0.717, 1.165) is 21.7 Å². The molecule has 4 rings (SSSR count). The van der Waals surface area contributed by atoms with Crippen molar-refractivity contribution >= 4 is 35.3 Å². The Bertz CT molecular complexity index is 1440. The van der Waals surface area contributed by atoms with Gasteiger partial charge in [0.05, 0.1) is 16.3 Å². The molecule has 1 fully saturated rings. The van der Waals surface area contributed by atoms with Crippen molar-refractivity contribution in [3.8, 4) is 5.69 Å². The molecule has 2 heterocycles. The van der Waals surface area contributed by atoms with Crippen molar-refractivity contribution in [3.63, 3.8) is 0 Å². The van der Waals surface area contributed by atoms with E-state index in [0.29, 0.717) is 28.2 Å². The highest BCUT2D eigenvalue weighted by Crippen LogP contribution is 2.29. The van der Waals surface area contributed by atoms with Crippen LogP contribution in [0.4, 0.5) is 16.2 Å². The molecule has 0 radical (unpaired) electrons. The first-order valence-electron chi connectivity index (χ1n) is 10.9. The number of hydrogen-bond donors (Lipinski definition) is 1. The van der Waals surface area contributed by atoms with E-state index in [9.17, 15) is 24.5 Å². The maximum absolute atomic E-state index is 13.3. The lowest BCUT2D eigenvalue weighted by atomic mass is 10.1. The van der Waals surface area contributed by atoms with Gasteiger partial charge in [-0.1, -0.05) is 12.1 Å². The average molecular weight is 473 g/mol. The van der Waals surface area contributed by atoms with Gasteiger partial charge in [-0.2, -0.15) is 0 Å². The molecule has 0 saturated carbocycles. The minimum atomic E-state index is -0.806. The molecule has 0 atom stereocenters. The molecule has 178 valence electrons. The Balaban J connectivity index is 1.79. The molecular formula is C26H24N4O5. The average Bonchev–Trinajstić information content (AvgIpc) is 3.03. The molecule has 9 nitrogen and oxygen atoms in total. The SMILES string of the molecule is Cc1cc(C)cc(N2C(=O)NC(=O)/C(=C/c3cc(C)n(-c4ccc(C)c([N+](=O)[O-])c4)c3C)C2=O)c1. The summed E-state index contributed by atoms with van der Waals surface area (Å²) in [6.07, 6.45) is 1.45. The van der Waals surface area contributed by atoms with Crippen molar-refractivity contribution in [2.24, 2.45) is 0 Å². The van der Waals surface area contributed by atoms with Gasteiger partial charge in [0.1, 0.15) is 5.57 Å². The van der Waals surface area contributed by atoms with E-state index in [4.69, 9.17) is 0 Å². The van der Waals surface area contributed by atoms with Crippen LogP contribution in [0, 0.1) is 44.7 Å². The van der Waals surface area contributed by atoms with E-state index in [1.165, 1.54) is 12.1 Å². The Kier molecular flexibility index (Phi) is 5.86. The molecule has 3 aromatic rings. The van der Waals surface area contributed by atoms with Crippen LogP contribution in [0.1, 0.15) is 33.6 Å². The Morgan fingerprint density at radius 1 is 0.886 bits per heavy atom. The summed E-state index contributed by atoms with van der Waals surface area (Å²) in [5.74, 6) is -1.50. The number of aromatic nitrogens is 1. The zero-order valence-corrected chi connectivity index (χ0v) is 20.0. The number of anilines is 1. The highest BCUT2D eigenvalue weighted by Gasteiger charge is 2.37. The minimum absolute atomic E-state index is 0.000608. The second kappa shape index (κ2) is 8.68. The highest BCUT2D eigenvalue weighted by atomic mass is 16.6. The number of hydrogen-bond acceptors (Lipinski definition) is 5. The number of amides is 4. The number of nitro groups is 1. The monoisotopic (exact) mass is 472 g/mol. The normalized spacial score (nSPS) is 15.1. The Hall–Kier alpha value is -4.53. The maximum Gasteiger partial charge on any atom is 0.335 e. The third kappa shape index (κ3) is 4.23. The molecule has 1 aliphatic heterocycles. The summed E-state index contributed by atoms with van der Waals surface area (Å²) in [6, 6.07) is 11.2. The summed E-state index contributed by atoms with van der Waals surface area (Å²) < 4.78 is 1.82. The lowest BCUT2D eigenvalue weighted by molar-refractivity contribution is -0.385. The second-order valence-corrected chi connectivity index (χ2v) is 8.69. The predicted octanol–water partition coefficient (Wildman–Crippen LogP) is 4.59. The molecule has 4 amide bonds. The van der Waals surface area contributed by atoms with Crippen molar-refractivity contribution < 1.29 is 19.3 Å². The van der Waals surface area contributed by atoms with Gasteiger partial charge >= 0.3 is 6.03 Å². The van der Waals surface area contributed by atoms with Crippen LogP contribution in [0.5, 0.6) is 0 Å². The van der Waals surface area contributed by atoms with E-state index in [1.807, 2.05) is 31.4 Å². The fourth-order valence-electron chi connectivity index (χ4n) is 4.39. The highest BCUT2D eigenvalue weighted by molar-refractivity contribution is 6.39. The molecule has 2 aromatic carbocycles. The quantitative estimate of drug-likeness (QED) is 0.258. The maximum atomic E-state index is 13.3. The van der Waals surface area contributed by atoms with Gasteiger partial charge in [0.15, 0.2) is 0 Å². The van der Waals surface area contributed by atoms with Gasteiger partial charge < -0.3 is 4.57 Å². The van der Waals surface area contributed by atoms with Crippen LogP contribution in [0.25, 0.3) is 11.8 Å². The second-order valence-electron chi connectivity index (χ2n) is 8.69. The molecule has 0 aliphatic carbocycles. The molecule has 1 aromatic heterocycles. The van der Waals surface area contributed by atoms with Crippen molar-refractivity contribution in [1.29, 1.82) is 0 Å². The number of nitrogens with zero attached hydrogens (tertiary/aromatic N) is 3. The summed E-state index contributed by atoms with van der Waals surface area (Å²) in [6.45, 7) is 9.01. The summed E-state index contributed by atoms with van der Waals surface area (Å²) >= 11 is 0. The summed E-state index contributed by atoms with van der Waals surface area (Å²) in [4.78, 5) is 50.4. The Labute approximate surface area is 201 Å². The van der Waals surface area contributed by atoms with E-state index in [2.05, 4.69) is 5.32 Å². The van der Waals surface area contributed by atoms with Crippen molar-refractivity contribution in [3.05, 3.63) is 91.8 Å². The lowest BCUT2D eigenvalue weighted by Gasteiger charge is -2.27. The van der Waals surface area contributed by atoms with Gasteiger partial charge in [-0.3, -0.25) is 25.0 Å². The van der Waals surface area contributed by atoms with Crippen LogP contribution in [-0.2, 0) is 9.59 Å². The predicted molar refractivity (Wildman–Crippen MR) is 132 cm³/mol. The number of imide groups is 2. The number of carbonyl (C=O) groups is 3. The Morgan fingerprint density at radius 3 is 2.17 bits per heavy atom. The number of urea groups is 1. The summed E-state index contributed by atoms with van der Waals surface area (Å²) in [5.41, 5.74) is 5.11. The number of benzene rings is 2. The zero-order valence-electron chi connectivity index (χ0n) is 20.0. The van der Waals surface area contributed by atoms with Gasteiger partial charge in [-0.15, -0.1) is 0 Å². The number of barbiturate groups is 1. The van der Waals surface area contributed by atoms with Crippen LogP contribution in [0.15, 0.2) is 48.0 Å². The molecule has 1 N–H and O–H groups in total. The van der Waals surface area contributed by atoms with E-state index < -0.39 is 22.8 Å². The molecule has 35 heavy (non-hydrogen) atoms. The summed E-state index contributed by atoms with van der Waals surface area (Å²) in [5, 5.41) is 13.6. The van der Waals surface area contributed by atoms with Crippen molar-refractivity contribution in [2.75, 3.05) is 4.90 Å². The van der Waals surface area contributed by atoms with Gasteiger partial charge in [0.25, 0.3) is 17.5 Å².